The van der Waals surface area contributed by atoms with Gasteiger partial charge in [0.1, 0.15) is 6.10 Å². The Labute approximate surface area is 653 Å². The van der Waals surface area contributed by atoms with Crippen LogP contribution in [0.25, 0.3) is 0 Å². The van der Waals surface area contributed by atoms with E-state index in [9.17, 15) is 55.2 Å². The summed E-state index contributed by atoms with van der Waals surface area (Å²) < 4.78 is 22.3. The second-order valence-corrected chi connectivity index (χ2v) is 42.6. The van der Waals surface area contributed by atoms with E-state index in [4.69, 9.17) is 34.3 Å². The summed E-state index contributed by atoms with van der Waals surface area (Å²) in [5, 5.41) is 107. The Balaban J connectivity index is -0.00000117. The first-order valence-corrected chi connectivity index (χ1v) is 47.8. The van der Waals surface area contributed by atoms with Crippen LogP contribution in [0.3, 0.4) is 0 Å². The zero-order valence-corrected chi connectivity index (χ0v) is 69.6. The van der Waals surface area contributed by atoms with Gasteiger partial charge in [0.15, 0.2) is 0 Å². The van der Waals surface area contributed by atoms with E-state index in [1.165, 1.54) is 25.7 Å². The van der Waals surface area contributed by atoms with E-state index in [1.54, 1.807) is 6.08 Å². The number of fused-ring (bicyclic) bond motifs is 2. The average molecular weight is 1800 g/mol. The predicted octanol–water partition coefficient (Wildman–Crippen LogP) is 2.80. The number of carbonyl (C=O) groups excluding carboxylic acids is 1. The normalized spacial score (nSPS) is 27.9. The topological polar surface area (TPSA) is 316 Å². The average Bonchev–Trinajstić information content (AvgIpc) is 1.65. The molecule has 4 saturated heterocycles. The molecule has 0 aromatic heterocycles. The third kappa shape index (κ3) is 46.2. The maximum Gasteiger partial charge on any atom is 1.00 e. The SMILES string of the molecule is C.C1CCOC1.C1CCOC1.CCCCC[C@H](O)/C=C/C1[C@H](O)C[C@H](O)[C@@H]1C/C=C\CCCC(=O)O.CCCCC[C@H](O)/C=C/[C@@H]1[C@H]2C/C(=C/CCCC(=O)[O-])O[C@H]2C[C@H]1O.CCCCC[C@H](O)/C=C/[C@@H]1[C@H]2CC(C(I)CCCC(=O)O)O[C@H]2C[C@H]1O.C[O-].I[I-]I.[Na+].[Na+]. The standard InChI is InChI=1S/C20H33IO5.C20H32O5.C20H34O5.2C4H8O.CH3O.CH4.I3.2Na/c1-2-3-4-6-13(22)9-10-14-15-11-19(26-18(15)12-17(14)23)16(21)7-5-8-20(24)25;1-2-3-4-7-14(21)10-11-16-17-12-15(8-5-6-9-20(23)24)25-19(17)13-18(16)22;1-2-3-6-9-15(21)12-13-17-16(18(22)14-19(17)23)10-7-4-5-8-11-20(24)25;2*1-2-4-5-3-1;1-2;;1-3-2;;/h9-10,13-19,22-23H,2-8,11-12H2,1H3,(H,24,25);8,10-11,14,16-19,21-22H,2-7,9,12-13H2,1H3,(H,23,24);4,7,12-13,15-19,21-23H,2-3,5-6,8-11,14H2,1H3,(H,24,25);2*1-4H2;1H3;1H4;;;/q;;;;;-1;;-1;2*+1/p-1/b10-9+;11-10+,15-8-;7-4-,13-12+;;;;;;;/t13-,14+,15+,16?,17+,18-,19?;14-,16+,17+,18+,19-;15-,16+,17?,18-,19+;;;;;;;/m000......./s1. The van der Waals surface area contributed by atoms with E-state index in [0.717, 1.165) is 136 Å². The number of aliphatic hydroxyl groups is 7. The molecular formula is C70H121I4Na2O18-. The first kappa shape index (κ1) is 99.6. The minimum atomic E-state index is -1.02. The van der Waals surface area contributed by atoms with Crippen molar-refractivity contribution in [3.8, 4) is 0 Å². The minimum absolute atomic E-state index is 0. The number of unbranched alkanes of at least 4 members (excludes halogenated alkanes) is 8. The number of alkyl halides is 1. The Morgan fingerprint density at radius 3 is 1.46 bits per heavy atom. The fourth-order valence-corrected chi connectivity index (χ4v) is 13.4. The Kier molecular flexibility index (Phi) is 67.8. The predicted molar refractivity (Wildman–Crippen MR) is 382 cm³/mol. The van der Waals surface area contributed by atoms with E-state index in [1.807, 2.05) is 48.6 Å². The number of carboxylic acid groups (broad SMARTS) is 3. The van der Waals surface area contributed by atoms with Gasteiger partial charge in [-0.3, -0.25) is 9.59 Å². The number of hydrogen-bond acceptors (Lipinski definition) is 16. The van der Waals surface area contributed by atoms with Crippen LogP contribution in [0.1, 0.15) is 227 Å². The monoisotopic (exact) mass is 1800 g/mol. The molecule has 0 spiro atoms. The van der Waals surface area contributed by atoms with Gasteiger partial charge in [-0.05, 0) is 121 Å². The van der Waals surface area contributed by atoms with Crippen LogP contribution in [0.5, 0.6) is 0 Å². The van der Waals surface area contributed by atoms with E-state index >= 15 is 0 Å². The van der Waals surface area contributed by atoms with Crippen LogP contribution in [-0.4, -0.2) is 162 Å². The van der Waals surface area contributed by atoms with Crippen LogP contribution in [0.4, 0.5) is 0 Å². The molecule has 9 N–H and O–H groups in total. The molecule has 24 heteroatoms. The summed E-state index contributed by atoms with van der Waals surface area (Å²) >= 11 is 7.68. The van der Waals surface area contributed by atoms with Gasteiger partial charge < -0.3 is 79.9 Å². The van der Waals surface area contributed by atoms with Crippen molar-refractivity contribution in [2.75, 3.05) is 33.5 Å². The van der Waals surface area contributed by atoms with Crippen LogP contribution in [0.15, 0.2) is 60.4 Å². The molecule has 0 amide bonds. The van der Waals surface area contributed by atoms with Crippen molar-refractivity contribution in [1.29, 1.82) is 0 Å². The molecule has 4 heterocycles. The summed E-state index contributed by atoms with van der Waals surface area (Å²) in [6, 6.07) is 0. The van der Waals surface area contributed by atoms with Gasteiger partial charge in [0, 0.05) is 98.5 Å². The molecule has 0 aromatic carbocycles. The van der Waals surface area contributed by atoms with Crippen molar-refractivity contribution in [3.63, 3.8) is 0 Å². The maximum atomic E-state index is 10.7. The number of ether oxygens (including phenoxy) is 4. The van der Waals surface area contributed by atoms with Gasteiger partial charge in [0.25, 0.3) is 0 Å². The first-order chi connectivity index (χ1) is 43.8. The zero-order chi connectivity index (χ0) is 67.8. The van der Waals surface area contributed by atoms with Gasteiger partial charge in [-0.15, -0.1) is 0 Å². The van der Waals surface area contributed by atoms with Gasteiger partial charge in [-0.1, -0.05) is 157 Å². The molecule has 18 nitrogen and oxygen atoms in total. The quantitative estimate of drug-likeness (QED) is 0.0150. The van der Waals surface area contributed by atoms with Crippen LogP contribution in [0, 0.1) is 35.5 Å². The van der Waals surface area contributed by atoms with Crippen molar-refractivity contribution in [3.05, 3.63) is 60.4 Å². The molecule has 7 fully saturated rings. The van der Waals surface area contributed by atoms with Crippen LogP contribution in [0.2, 0.25) is 0 Å². The van der Waals surface area contributed by atoms with Crippen molar-refractivity contribution < 1.29 is 162 Å². The molecule has 3 aliphatic carbocycles. The molecule has 17 atom stereocenters. The fraction of sp³-hybridized carbons (Fsp3) is 0.814. The summed E-state index contributed by atoms with van der Waals surface area (Å²) in [5.41, 5.74) is 0. The van der Waals surface area contributed by atoms with E-state index in [-0.39, 0.29) is 134 Å². The van der Waals surface area contributed by atoms with E-state index < -0.39 is 60.6 Å². The largest absolute Gasteiger partial charge is 1.00 e. The molecule has 94 heavy (non-hydrogen) atoms. The summed E-state index contributed by atoms with van der Waals surface area (Å²) in [5.74, 6) is -1.27. The Morgan fingerprint density at radius 1 is 0.574 bits per heavy atom. The zero-order valence-electron chi connectivity index (χ0n) is 57.0. The summed E-state index contributed by atoms with van der Waals surface area (Å²) in [6.07, 6.45) is 39.7. The smallest absolute Gasteiger partial charge is 1.00 e. The molecule has 7 aliphatic rings. The number of rotatable bonds is 33. The van der Waals surface area contributed by atoms with Crippen molar-refractivity contribution >= 4 is 77.7 Å². The Morgan fingerprint density at radius 2 is 1.01 bits per heavy atom. The van der Waals surface area contributed by atoms with Gasteiger partial charge >= 0.3 is 122 Å². The Hall–Kier alpha value is 1.39. The van der Waals surface area contributed by atoms with E-state index in [0.29, 0.717) is 80.9 Å². The van der Waals surface area contributed by atoms with Gasteiger partial charge in [0.05, 0.1) is 60.7 Å². The van der Waals surface area contributed by atoms with Gasteiger partial charge in [0.2, 0.25) is 0 Å². The molecule has 540 valence electrons. The molecular weight excluding hydrogens is 1680 g/mol. The molecule has 0 aromatic rings. The first-order valence-electron chi connectivity index (χ1n) is 34.0. The molecule has 7 rings (SSSR count). The fourth-order valence-electron chi connectivity index (χ4n) is 12.5. The third-order valence-electron chi connectivity index (χ3n) is 17.5. The Bertz CT molecular complexity index is 1950. The van der Waals surface area contributed by atoms with Gasteiger partial charge in [-0.2, -0.15) is 7.11 Å². The number of aliphatic carboxylic acids is 3. The number of carbonyl (C=O) groups is 3. The minimum Gasteiger partial charge on any atom is 1.00 e. The van der Waals surface area contributed by atoms with Gasteiger partial charge in [-0.25, -0.2) is 0 Å². The molecule has 0 radical (unpaired) electrons. The molecule has 3 saturated carbocycles. The summed E-state index contributed by atoms with van der Waals surface area (Å²) in [7, 11) is 0.750. The van der Waals surface area contributed by atoms with Crippen molar-refractivity contribution in [1.82, 2.24) is 0 Å². The third-order valence-corrected chi connectivity index (χ3v) is 18.9. The summed E-state index contributed by atoms with van der Waals surface area (Å²) in [6.45, 7) is 10.4. The number of carboxylic acids is 3. The molecule has 3 unspecified atom stereocenters. The van der Waals surface area contributed by atoms with Crippen LogP contribution < -0.4 is 82.6 Å². The number of aliphatic hydroxyl groups excluding tert-OH is 7. The second-order valence-electron chi connectivity index (χ2n) is 24.8. The van der Waals surface area contributed by atoms with E-state index in [2.05, 4.69) is 80.6 Å². The van der Waals surface area contributed by atoms with Crippen LogP contribution >= 0.6 is 59.8 Å². The van der Waals surface area contributed by atoms with Crippen molar-refractivity contribution in [2.24, 2.45) is 35.5 Å². The second kappa shape index (κ2) is 64.0. The summed E-state index contributed by atoms with van der Waals surface area (Å²) in [4.78, 5) is 31.5. The number of halogens is 4. The number of allylic oxidation sites excluding steroid dienone is 4. The van der Waals surface area contributed by atoms with Crippen LogP contribution in [-0.2, 0) is 33.3 Å². The maximum absolute atomic E-state index is 10.7. The van der Waals surface area contributed by atoms with Crippen molar-refractivity contribution in [2.45, 2.75) is 292 Å². The molecule has 4 aliphatic heterocycles. The molecule has 0 bridgehead atoms. The number of hydrogen-bond donors (Lipinski definition) is 9.